The first-order valence-corrected chi connectivity index (χ1v) is 9.81. The van der Waals surface area contributed by atoms with E-state index in [-0.39, 0.29) is 11.9 Å². The number of carbonyl (C=O) groups is 1. The summed E-state index contributed by atoms with van der Waals surface area (Å²) in [4.78, 5) is 16.9. The summed E-state index contributed by atoms with van der Waals surface area (Å²) in [6.45, 7) is 3.35. The van der Waals surface area contributed by atoms with E-state index in [1.165, 1.54) is 25.9 Å². The second-order valence-electron chi connectivity index (χ2n) is 5.84. The number of nitrogens with zero attached hydrogens (tertiary/aromatic N) is 2. The summed E-state index contributed by atoms with van der Waals surface area (Å²) in [5.74, 6) is 0.579. The molecule has 6 heteroatoms. The van der Waals surface area contributed by atoms with E-state index in [0.717, 1.165) is 17.4 Å². The van der Waals surface area contributed by atoms with E-state index in [9.17, 15) is 4.79 Å². The summed E-state index contributed by atoms with van der Waals surface area (Å²) in [5.41, 5.74) is 1.42. The molecule has 0 saturated carbocycles. The third kappa shape index (κ3) is 2.99. The largest absolute Gasteiger partial charge is 0.346 e. The molecule has 1 atom stereocenters. The number of nitrogens with one attached hydrogen (secondary N) is 2. The van der Waals surface area contributed by atoms with Gasteiger partial charge in [0.2, 0.25) is 0 Å². The minimum atomic E-state index is -0.0544. The van der Waals surface area contributed by atoms with Crippen LogP contribution in [0.3, 0.4) is 0 Å². The highest BCUT2D eigenvalue weighted by Gasteiger charge is 2.35. The number of H-pyrrole nitrogens is 1. The number of para-hydroxylation sites is 1. The van der Waals surface area contributed by atoms with E-state index >= 15 is 0 Å². The Hall–Kier alpha value is -1.15. The molecule has 3 aliphatic heterocycles. The lowest BCUT2D eigenvalue weighted by atomic mass is 9.84. The zero-order valence-corrected chi connectivity index (χ0v) is 14.8. The van der Waals surface area contributed by atoms with Gasteiger partial charge in [-0.2, -0.15) is 5.10 Å². The number of amides is 1. The number of hydrogen-bond donors (Lipinski definition) is 2. The van der Waals surface area contributed by atoms with Crippen molar-refractivity contribution in [3.05, 3.63) is 30.0 Å². The van der Waals surface area contributed by atoms with Gasteiger partial charge in [-0.15, -0.1) is 0 Å². The highest BCUT2D eigenvalue weighted by atomic mass is 127. The second kappa shape index (κ2) is 6.95. The molecule has 0 radical (unpaired) electrons. The fourth-order valence-electron chi connectivity index (χ4n) is 3.50. The van der Waals surface area contributed by atoms with Crippen LogP contribution in [0.1, 0.15) is 23.3 Å². The quantitative estimate of drug-likeness (QED) is 0.589. The van der Waals surface area contributed by atoms with Crippen molar-refractivity contribution in [2.45, 2.75) is 18.9 Å². The predicted octanol–water partition coefficient (Wildman–Crippen LogP) is 2.44. The molecule has 5 nitrogen and oxygen atoms in total. The predicted molar refractivity (Wildman–Crippen MR) is 96.5 cm³/mol. The Kier molecular flexibility index (Phi) is 4.97. The molecule has 1 aromatic heterocycles. The molecule has 22 heavy (non-hydrogen) atoms. The third-order valence-corrected chi connectivity index (χ3v) is 4.66. The van der Waals surface area contributed by atoms with Gasteiger partial charge in [-0.05, 0) is 42.8 Å². The lowest BCUT2D eigenvalue weighted by Crippen LogP contribution is -2.57. The number of halogens is 1. The molecule has 118 valence electrons. The first-order chi connectivity index (χ1) is 10.8. The Labute approximate surface area is 144 Å². The maximum absolute atomic E-state index is 12.5. The van der Waals surface area contributed by atoms with Gasteiger partial charge in [0.1, 0.15) is 0 Å². The van der Waals surface area contributed by atoms with Crippen molar-refractivity contribution in [1.29, 1.82) is 0 Å². The highest BCUT2D eigenvalue weighted by molar-refractivity contribution is 14.1. The number of rotatable bonds is 2. The number of carbonyl (C=O) groups excluding carboxylic acids is 1. The smallest absolute Gasteiger partial charge is 0.272 e. The van der Waals surface area contributed by atoms with Gasteiger partial charge in [-0.25, -0.2) is 0 Å². The molecular formula is C16H21IN4O. The van der Waals surface area contributed by atoms with Gasteiger partial charge in [0.25, 0.3) is 5.91 Å². The summed E-state index contributed by atoms with van der Waals surface area (Å²) in [7, 11) is 0. The monoisotopic (exact) mass is 412 g/mol. The number of piperidine rings is 3. The van der Waals surface area contributed by atoms with Crippen LogP contribution in [0.15, 0.2) is 24.3 Å². The fraction of sp³-hybridized carbons (Fsp3) is 0.500. The average Bonchev–Trinajstić information content (AvgIpc) is 3.02. The van der Waals surface area contributed by atoms with Crippen LogP contribution in [0.5, 0.6) is 0 Å². The van der Waals surface area contributed by atoms with E-state index in [1.54, 1.807) is 0 Å². The molecule has 5 rings (SSSR count). The summed E-state index contributed by atoms with van der Waals surface area (Å²) >= 11 is 2.15. The minimum Gasteiger partial charge on any atom is -0.346 e. The first kappa shape index (κ1) is 15.7. The average molecular weight is 412 g/mol. The lowest BCUT2D eigenvalue weighted by Gasteiger charge is -2.44. The van der Waals surface area contributed by atoms with Crippen molar-refractivity contribution >= 4 is 39.4 Å². The molecule has 2 aromatic rings. The standard InChI is InChI=1S/C15H18N4O.CH3I/c20-15(14-11-3-1-2-4-12(11)17-18-14)16-13-9-19-7-5-10(13)6-8-19;1-2/h1-4,10,13H,5-9H2,(H,16,20)(H,17,18);1H3/t13-;/m0./s1. The molecule has 1 aromatic carbocycles. The molecule has 3 saturated heterocycles. The SMILES string of the molecule is CI.O=C(N[C@H]1CN2CCC1CC2)c1n[nH]c2ccccc12. The molecule has 2 bridgehead atoms. The molecule has 3 aliphatic rings. The van der Waals surface area contributed by atoms with Crippen LogP contribution in [-0.4, -0.2) is 51.6 Å². The molecule has 1 amide bonds. The van der Waals surface area contributed by atoms with Crippen LogP contribution >= 0.6 is 22.6 Å². The van der Waals surface area contributed by atoms with Gasteiger partial charge < -0.3 is 10.2 Å². The number of alkyl halides is 1. The molecule has 2 N–H and O–H groups in total. The van der Waals surface area contributed by atoms with Gasteiger partial charge in [-0.1, -0.05) is 40.8 Å². The number of aromatic nitrogens is 2. The maximum atomic E-state index is 12.5. The van der Waals surface area contributed by atoms with Crippen LogP contribution in [0, 0.1) is 5.92 Å². The third-order valence-electron chi connectivity index (χ3n) is 4.66. The molecule has 3 fully saturated rings. The van der Waals surface area contributed by atoms with Crippen LogP contribution in [0.25, 0.3) is 10.9 Å². The maximum Gasteiger partial charge on any atom is 0.272 e. The van der Waals surface area contributed by atoms with Crippen LogP contribution in [0.2, 0.25) is 0 Å². The van der Waals surface area contributed by atoms with Gasteiger partial charge in [0.05, 0.1) is 5.52 Å². The zero-order valence-electron chi connectivity index (χ0n) is 12.7. The Morgan fingerprint density at radius 1 is 1.32 bits per heavy atom. The molecular weight excluding hydrogens is 391 g/mol. The number of fused-ring (bicyclic) bond motifs is 4. The van der Waals surface area contributed by atoms with E-state index in [2.05, 4.69) is 43.0 Å². The van der Waals surface area contributed by atoms with Crippen LogP contribution < -0.4 is 5.32 Å². The highest BCUT2D eigenvalue weighted by Crippen LogP contribution is 2.27. The van der Waals surface area contributed by atoms with Crippen molar-refractivity contribution in [3.63, 3.8) is 0 Å². The van der Waals surface area contributed by atoms with Crippen molar-refractivity contribution < 1.29 is 4.79 Å². The Bertz CT molecular complexity index is 648. The summed E-state index contributed by atoms with van der Waals surface area (Å²) in [5, 5.41) is 11.2. The second-order valence-corrected chi connectivity index (χ2v) is 5.84. The number of hydrogen-bond acceptors (Lipinski definition) is 3. The van der Waals surface area contributed by atoms with E-state index in [4.69, 9.17) is 0 Å². The lowest BCUT2D eigenvalue weighted by molar-refractivity contribution is 0.0618. The molecule has 4 heterocycles. The van der Waals surface area contributed by atoms with Crippen LogP contribution in [0.4, 0.5) is 0 Å². The normalized spacial score (nSPS) is 26.4. The van der Waals surface area contributed by atoms with E-state index in [1.807, 2.05) is 29.2 Å². The van der Waals surface area contributed by atoms with Crippen molar-refractivity contribution in [2.24, 2.45) is 5.92 Å². The van der Waals surface area contributed by atoms with Crippen molar-refractivity contribution in [3.8, 4) is 0 Å². The van der Waals surface area contributed by atoms with Gasteiger partial charge in [0, 0.05) is 18.0 Å². The van der Waals surface area contributed by atoms with E-state index < -0.39 is 0 Å². The first-order valence-electron chi connectivity index (χ1n) is 7.65. The summed E-state index contributed by atoms with van der Waals surface area (Å²) in [6.07, 6.45) is 2.40. The fourth-order valence-corrected chi connectivity index (χ4v) is 3.50. The molecule has 0 spiro atoms. The Balaban J connectivity index is 0.000000693. The van der Waals surface area contributed by atoms with E-state index in [0.29, 0.717) is 11.6 Å². The molecule has 0 aliphatic carbocycles. The van der Waals surface area contributed by atoms with Crippen molar-refractivity contribution in [1.82, 2.24) is 20.4 Å². The zero-order chi connectivity index (χ0) is 15.5. The van der Waals surface area contributed by atoms with Crippen molar-refractivity contribution in [2.75, 3.05) is 24.6 Å². The summed E-state index contributed by atoms with van der Waals surface area (Å²) < 4.78 is 0. The summed E-state index contributed by atoms with van der Waals surface area (Å²) in [6, 6.07) is 8.02. The van der Waals surface area contributed by atoms with Gasteiger partial charge in [0.15, 0.2) is 5.69 Å². The minimum absolute atomic E-state index is 0.0544. The Morgan fingerprint density at radius 3 is 2.73 bits per heavy atom. The van der Waals surface area contributed by atoms with Gasteiger partial charge in [-0.3, -0.25) is 9.89 Å². The molecule has 0 unspecified atom stereocenters. The Morgan fingerprint density at radius 2 is 2.05 bits per heavy atom. The van der Waals surface area contributed by atoms with Crippen LogP contribution in [-0.2, 0) is 0 Å². The number of benzene rings is 1. The van der Waals surface area contributed by atoms with Gasteiger partial charge >= 0.3 is 0 Å². The number of aromatic amines is 1. The topological polar surface area (TPSA) is 61.0 Å².